The van der Waals surface area contributed by atoms with Crippen molar-refractivity contribution in [2.75, 3.05) is 20.1 Å². The molecule has 4 rings (SSSR count). The van der Waals surface area contributed by atoms with Gasteiger partial charge in [0.2, 0.25) is 11.8 Å². The third-order valence-electron chi connectivity index (χ3n) is 4.22. The van der Waals surface area contributed by atoms with Crippen LogP contribution in [0.25, 0.3) is 22.5 Å². The number of rotatable bonds is 2. The van der Waals surface area contributed by atoms with E-state index in [1.54, 1.807) is 0 Å². The molecule has 0 saturated carbocycles. The zero-order chi connectivity index (χ0) is 16.8. The molecule has 0 spiro atoms. The van der Waals surface area contributed by atoms with Gasteiger partial charge < -0.3 is 14.1 Å². The molecule has 1 aliphatic rings. The van der Waals surface area contributed by atoms with Gasteiger partial charge >= 0.3 is 0 Å². The monoisotopic (exact) mass is 328 g/mol. The first kappa shape index (κ1) is 15.2. The molecule has 0 aromatic carbocycles. The number of pyridine rings is 1. The van der Waals surface area contributed by atoms with Gasteiger partial charge in [-0.05, 0) is 33.9 Å². The fourth-order valence-electron chi connectivity index (χ4n) is 3.24. The Bertz CT molecular complexity index is 876. The summed E-state index contributed by atoms with van der Waals surface area (Å²) in [6, 6.07) is 1.94. The van der Waals surface area contributed by atoms with E-state index in [9.17, 15) is 0 Å². The Morgan fingerprint density at radius 3 is 2.88 bits per heavy atom. The van der Waals surface area contributed by atoms with E-state index in [2.05, 4.69) is 37.3 Å². The number of hydrogen-bond donors (Lipinski definition) is 1. The Balaban J connectivity index is 1.74. The van der Waals surface area contributed by atoms with Crippen molar-refractivity contribution >= 4 is 11.0 Å². The van der Waals surface area contributed by atoms with Crippen LogP contribution in [0.2, 0.25) is 0 Å². The summed E-state index contributed by atoms with van der Waals surface area (Å²) in [4.78, 5) is 6.64. The highest BCUT2D eigenvalue weighted by molar-refractivity contribution is 5.92. The third-order valence-corrected chi connectivity index (χ3v) is 4.22. The lowest BCUT2D eigenvalue weighted by atomic mass is 10.1. The molecule has 4 heterocycles. The Morgan fingerprint density at radius 2 is 2.08 bits per heavy atom. The van der Waals surface area contributed by atoms with Crippen LogP contribution in [0.15, 0.2) is 10.5 Å². The molecule has 24 heavy (non-hydrogen) atoms. The van der Waals surface area contributed by atoms with Gasteiger partial charge in [-0.3, -0.25) is 5.10 Å². The number of aromatic nitrogens is 5. The molecule has 1 N–H and O–H groups in total. The van der Waals surface area contributed by atoms with Crippen molar-refractivity contribution in [3.8, 4) is 11.5 Å². The fraction of sp³-hybridized carbons (Fsp3) is 0.500. The smallest absolute Gasteiger partial charge is 0.248 e. The highest BCUT2D eigenvalue weighted by atomic mass is 16.5. The first-order chi connectivity index (χ1) is 11.5. The number of nitrogens with one attached hydrogen (secondary N) is 1. The summed E-state index contributed by atoms with van der Waals surface area (Å²) in [7, 11) is 2.06. The SMILES string of the molecule is Cc1cc(-c2nnc([C@H]3CN(C)C[C@@H](C)O3)o2)c2c(C)[nH]nc2n1. The number of aryl methyl sites for hydroxylation is 2. The molecule has 0 aliphatic carbocycles. The maximum Gasteiger partial charge on any atom is 0.248 e. The molecule has 1 fully saturated rings. The Kier molecular flexibility index (Phi) is 3.58. The number of likely N-dealkylation sites (N-methyl/N-ethyl adjacent to an activating group) is 1. The van der Waals surface area contributed by atoms with Crippen LogP contribution in [0.3, 0.4) is 0 Å². The third kappa shape index (κ3) is 2.57. The second kappa shape index (κ2) is 5.64. The minimum absolute atomic E-state index is 0.134. The lowest BCUT2D eigenvalue weighted by molar-refractivity contribution is -0.0821. The topological polar surface area (TPSA) is 93.0 Å². The predicted octanol–water partition coefficient (Wildman–Crippen LogP) is 2.02. The van der Waals surface area contributed by atoms with Gasteiger partial charge in [-0.25, -0.2) is 4.98 Å². The van der Waals surface area contributed by atoms with Crippen LogP contribution in [-0.2, 0) is 4.74 Å². The molecule has 1 saturated heterocycles. The standard InChI is InChI=1S/C16H20N6O2/c1-8-5-11(13-10(3)18-19-14(13)17-8)15-20-21-16(24-15)12-7-22(4)6-9(2)23-12/h5,9,12H,6-7H2,1-4H3,(H,17,18,19)/t9-,12-/m1/s1. The molecule has 0 unspecified atom stereocenters. The fourth-order valence-corrected chi connectivity index (χ4v) is 3.24. The van der Waals surface area contributed by atoms with Gasteiger partial charge in [0.15, 0.2) is 5.65 Å². The van der Waals surface area contributed by atoms with Gasteiger partial charge in [-0.1, -0.05) is 0 Å². The molecular weight excluding hydrogens is 308 g/mol. The molecular formula is C16H20N6O2. The van der Waals surface area contributed by atoms with Crippen molar-refractivity contribution in [3.63, 3.8) is 0 Å². The Labute approximate surface area is 139 Å². The lowest BCUT2D eigenvalue weighted by Gasteiger charge is -2.32. The van der Waals surface area contributed by atoms with E-state index < -0.39 is 0 Å². The predicted molar refractivity (Wildman–Crippen MR) is 87.4 cm³/mol. The van der Waals surface area contributed by atoms with Crippen molar-refractivity contribution in [3.05, 3.63) is 23.3 Å². The van der Waals surface area contributed by atoms with Crippen molar-refractivity contribution in [2.24, 2.45) is 0 Å². The number of aromatic amines is 1. The first-order valence-corrected chi connectivity index (χ1v) is 8.01. The van der Waals surface area contributed by atoms with Crippen LogP contribution < -0.4 is 0 Å². The number of nitrogens with zero attached hydrogens (tertiary/aromatic N) is 5. The normalized spacial score (nSPS) is 22.3. The molecule has 0 bridgehead atoms. The molecule has 0 radical (unpaired) electrons. The second-order valence-corrected chi connectivity index (χ2v) is 6.46. The summed E-state index contributed by atoms with van der Waals surface area (Å²) in [5.74, 6) is 0.974. The molecule has 3 aromatic heterocycles. The summed E-state index contributed by atoms with van der Waals surface area (Å²) < 4.78 is 11.9. The molecule has 0 amide bonds. The van der Waals surface area contributed by atoms with Gasteiger partial charge in [0.1, 0.15) is 6.10 Å². The van der Waals surface area contributed by atoms with E-state index in [4.69, 9.17) is 9.15 Å². The van der Waals surface area contributed by atoms with Crippen LogP contribution in [-0.4, -0.2) is 56.5 Å². The maximum atomic E-state index is 5.95. The zero-order valence-corrected chi connectivity index (χ0v) is 14.2. The first-order valence-electron chi connectivity index (χ1n) is 8.01. The minimum atomic E-state index is -0.205. The van der Waals surface area contributed by atoms with Crippen LogP contribution in [0.5, 0.6) is 0 Å². The number of morpholine rings is 1. The number of hydrogen-bond acceptors (Lipinski definition) is 7. The number of ether oxygens (including phenoxy) is 1. The summed E-state index contributed by atoms with van der Waals surface area (Å²) in [5, 5.41) is 16.5. The van der Waals surface area contributed by atoms with Crippen molar-refractivity contribution < 1.29 is 9.15 Å². The van der Waals surface area contributed by atoms with Crippen molar-refractivity contribution in [1.82, 2.24) is 30.3 Å². The maximum absolute atomic E-state index is 5.95. The van der Waals surface area contributed by atoms with Crippen molar-refractivity contribution in [2.45, 2.75) is 33.0 Å². The molecule has 8 nitrogen and oxygen atoms in total. The van der Waals surface area contributed by atoms with E-state index in [-0.39, 0.29) is 12.2 Å². The Hall–Kier alpha value is -2.32. The van der Waals surface area contributed by atoms with Gasteiger partial charge in [0.05, 0.1) is 17.1 Å². The summed E-state index contributed by atoms with van der Waals surface area (Å²) in [5.41, 5.74) is 3.28. The number of H-pyrrole nitrogens is 1. The van der Waals surface area contributed by atoms with E-state index in [0.717, 1.165) is 35.4 Å². The van der Waals surface area contributed by atoms with E-state index in [1.165, 1.54) is 0 Å². The average Bonchev–Trinajstić information content (AvgIpc) is 3.13. The Morgan fingerprint density at radius 1 is 1.25 bits per heavy atom. The van der Waals surface area contributed by atoms with Gasteiger partial charge in [0, 0.05) is 24.5 Å². The van der Waals surface area contributed by atoms with Gasteiger partial charge in [-0.2, -0.15) is 5.10 Å². The van der Waals surface area contributed by atoms with Crippen LogP contribution in [0.4, 0.5) is 0 Å². The highest BCUT2D eigenvalue weighted by Gasteiger charge is 2.29. The molecule has 2 atom stereocenters. The van der Waals surface area contributed by atoms with Gasteiger partial charge in [-0.15, -0.1) is 10.2 Å². The summed E-state index contributed by atoms with van der Waals surface area (Å²) in [6.45, 7) is 7.56. The average molecular weight is 328 g/mol. The number of fused-ring (bicyclic) bond motifs is 1. The lowest BCUT2D eigenvalue weighted by Crippen LogP contribution is -2.40. The molecule has 126 valence electrons. The van der Waals surface area contributed by atoms with E-state index >= 15 is 0 Å². The molecule has 1 aliphatic heterocycles. The zero-order valence-electron chi connectivity index (χ0n) is 14.2. The molecule has 3 aromatic rings. The van der Waals surface area contributed by atoms with Crippen LogP contribution in [0, 0.1) is 13.8 Å². The summed E-state index contributed by atoms with van der Waals surface area (Å²) in [6.07, 6.45) is -0.0704. The molecule has 8 heteroatoms. The highest BCUT2D eigenvalue weighted by Crippen LogP contribution is 2.31. The second-order valence-electron chi connectivity index (χ2n) is 6.46. The van der Waals surface area contributed by atoms with Gasteiger partial charge in [0.25, 0.3) is 0 Å². The largest absolute Gasteiger partial charge is 0.418 e. The van der Waals surface area contributed by atoms with Crippen LogP contribution >= 0.6 is 0 Å². The summed E-state index contributed by atoms with van der Waals surface area (Å²) >= 11 is 0. The van der Waals surface area contributed by atoms with Crippen molar-refractivity contribution in [1.29, 1.82) is 0 Å². The van der Waals surface area contributed by atoms with E-state index in [0.29, 0.717) is 17.4 Å². The van der Waals surface area contributed by atoms with E-state index in [1.807, 2.05) is 26.8 Å². The quantitative estimate of drug-likeness (QED) is 0.769. The minimum Gasteiger partial charge on any atom is -0.418 e. The van der Waals surface area contributed by atoms with Crippen LogP contribution in [0.1, 0.15) is 30.3 Å².